The van der Waals surface area contributed by atoms with Crippen molar-refractivity contribution in [2.75, 3.05) is 7.05 Å². The fraction of sp³-hybridized carbons (Fsp3) is 0.833. The summed E-state index contributed by atoms with van der Waals surface area (Å²) in [5.74, 6) is 0. The average Bonchev–Trinajstić information content (AvgIpc) is 1.77. The Bertz CT molecular complexity index is 99.2. The zero-order chi connectivity index (χ0) is 6.69. The van der Waals surface area contributed by atoms with Gasteiger partial charge in [-0.15, -0.1) is 0 Å². The molecule has 0 radical (unpaired) electrons. The molecule has 0 bridgehead atoms. The summed E-state index contributed by atoms with van der Waals surface area (Å²) in [7, 11) is 1.92. The molecular formula is C6H11NO2. The van der Waals surface area contributed by atoms with E-state index in [0.29, 0.717) is 12.5 Å². The van der Waals surface area contributed by atoms with Crippen LogP contribution < -0.4 is 5.32 Å². The Labute approximate surface area is 54.4 Å². The Hall–Kier alpha value is -0.570. The van der Waals surface area contributed by atoms with Crippen LogP contribution >= 0.6 is 0 Å². The molecule has 0 aliphatic heterocycles. The Balaban J connectivity index is 2.04. The van der Waals surface area contributed by atoms with E-state index in [1.54, 1.807) is 0 Å². The molecule has 0 aromatic rings. The lowest BCUT2D eigenvalue weighted by atomic mass is 9.90. The first-order valence-corrected chi connectivity index (χ1v) is 3.13. The van der Waals surface area contributed by atoms with Crippen LogP contribution in [0.2, 0.25) is 0 Å². The van der Waals surface area contributed by atoms with Gasteiger partial charge in [-0.3, -0.25) is 4.79 Å². The van der Waals surface area contributed by atoms with E-state index >= 15 is 0 Å². The molecule has 1 N–H and O–H groups in total. The van der Waals surface area contributed by atoms with Gasteiger partial charge in [0.05, 0.1) is 0 Å². The third-order valence-corrected chi connectivity index (χ3v) is 1.75. The monoisotopic (exact) mass is 129 g/mol. The number of nitrogens with one attached hydrogen (secondary N) is 1. The van der Waals surface area contributed by atoms with Gasteiger partial charge in [-0.25, -0.2) is 0 Å². The second-order valence-corrected chi connectivity index (χ2v) is 2.31. The largest absolute Gasteiger partial charge is 0.464 e. The van der Waals surface area contributed by atoms with E-state index in [9.17, 15) is 4.79 Å². The second kappa shape index (κ2) is 2.82. The number of hydrogen-bond donors (Lipinski definition) is 1. The Kier molecular flexibility index (Phi) is 2.05. The van der Waals surface area contributed by atoms with Crippen LogP contribution in [-0.2, 0) is 9.53 Å². The van der Waals surface area contributed by atoms with Crippen molar-refractivity contribution in [3.63, 3.8) is 0 Å². The lowest BCUT2D eigenvalue weighted by molar-refractivity contribution is -0.138. The molecule has 52 valence electrons. The molecule has 1 aliphatic carbocycles. The summed E-state index contributed by atoms with van der Waals surface area (Å²) in [6.45, 7) is 0.524. The molecule has 0 saturated heterocycles. The maximum absolute atomic E-state index is 9.76. The van der Waals surface area contributed by atoms with Crippen LogP contribution in [0.25, 0.3) is 0 Å². The van der Waals surface area contributed by atoms with Gasteiger partial charge in [-0.2, -0.15) is 0 Å². The summed E-state index contributed by atoms with van der Waals surface area (Å²) >= 11 is 0. The summed E-state index contributed by atoms with van der Waals surface area (Å²) in [4.78, 5) is 9.76. The van der Waals surface area contributed by atoms with Gasteiger partial charge in [0, 0.05) is 6.04 Å². The van der Waals surface area contributed by atoms with Crippen molar-refractivity contribution >= 4 is 6.47 Å². The van der Waals surface area contributed by atoms with E-state index in [2.05, 4.69) is 10.1 Å². The van der Waals surface area contributed by atoms with Crippen molar-refractivity contribution in [2.24, 2.45) is 0 Å². The molecule has 0 spiro atoms. The molecule has 0 unspecified atom stereocenters. The average molecular weight is 129 g/mol. The highest BCUT2D eigenvalue weighted by Gasteiger charge is 2.28. The van der Waals surface area contributed by atoms with Crippen molar-refractivity contribution in [3.05, 3.63) is 0 Å². The highest BCUT2D eigenvalue weighted by atomic mass is 16.5. The Morgan fingerprint density at radius 3 is 2.78 bits per heavy atom. The highest BCUT2D eigenvalue weighted by molar-refractivity contribution is 5.37. The lowest BCUT2D eigenvalue weighted by Gasteiger charge is -2.32. The molecule has 1 saturated carbocycles. The smallest absolute Gasteiger partial charge is 0.293 e. The maximum atomic E-state index is 9.76. The molecular weight excluding hydrogens is 118 g/mol. The number of ether oxygens (including phenoxy) is 1. The number of carbonyl (C=O) groups is 1. The van der Waals surface area contributed by atoms with E-state index < -0.39 is 0 Å². The standard InChI is InChI=1S/C6H11NO2/c1-7-5-2-6(3-5)9-4-8/h4-7H,2-3H2,1H3. The Morgan fingerprint density at radius 1 is 1.67 bits per heavy atom. The third-order valence-electron chi connectivity index (χ3n) is 1.75. The van der Waals surface area contributed by atoms with Crippen molar-refractivity contribution in [1.29, 1.82) is 0 Å². The minimum absolute atomic E-state index is 0.181. The fourth-order valence-electron chi connectivity index (χ4n) is 0.991. The zero-order valence-electron chi connectivity index (χ0n) is 5.46. The first-order valence-electron chi connectivity index (χ1n) is 3.13. The summed E-state index contributed by atoms with van der Waals surface area (Å²) in [5, 5.41) is 3.09. The first kappa shape index (κ1) is 6.55. The van der Waals surface area contributed by atoms with Crippen molar-refractivity contribution in [1.82, 2.24) is 5.32 Å². The van der Waals surface area contributed by atoms with Gasteiger partial charge in [-0.1, -0.05) is 0 Å². The zero-order valence-corrected chi connectivity index (χ0v) is 5.46. The summed E-state index contributed by atoms with van der Waals surface area (Å²) in [6.07, 6.45) is 2.12. The van der Waals surface area contributed by atoms with Gasteiger partial charge in [0.1, 0.15) is 6.10 Å². The van der Waals surface area contributed by atoms with Crippen LogP contribution in [-0.4, -0.2) is 25.7 Å². The van der Waals surface area contributed by atoms with Crippen LogP contribution in [0.15, 0.2) is 0 Å². The molecule has 0 aromatic heterocycles. The predicted molar refractivity (Wildman–Crippen MR) is 33.0 cm³/mol. The molecule has 3 nitrogen and oxygen atoms in total. The minimum Gasteiger partial charge on any atom is -0.464 e. The van der Waals surface area contributed by atoms with Crippen molar-refractivity contribution in [2.45, 2.75) is 25.0 Å². The molecule has 0 aromatic carbocycles. The predicted octanol–water partition coefficient (Wildman–Crippen LogP) is -0.0902. The van der Waals surface area contributed by atoms with Gasteiger partial charge in [0.2, 0.25) is 0 Å². The van der Waals surface area contributed by atoms with Crippen LogP contribution in [0.5, 0.6) is 0 Å². The number of rotatable bonds is 3. The molecule has 0 heterocycles. The summed E-state index contributed by atoms with van der Waals surface area (Å²) in [6, 6.07) is 0.565. The van der Waals surface area contributed by atoms with E-state index in [4.69, 9.17) is 0 Å². The van der Waals surface area contributed by atoms with Crippen molar-refractivity contribution < 1.29 is 9.53 Å². The third kappa shape index (κ3) is 1.42. The molecule has 1 aliphatic rings. The minimum atomic E-state index is 0.181. The normalized spacial score (nSPS) is 33.0. The van der Waals surface area contributed by atoms with Gasteiger partial charge >= 0.3 is 0 Å². The Morgan fingerprint density at radius 2 is 2.33 bits per heavy atom. The number of hydrogen-bond acceptors (Lipinski definition) is 3. The van der Waals surface area contributed by atoms with Crippen LogP contribution in [0.3, 0.4) is 0 Å². The summed E-state index contributed by atoms with van der Waals surface area (Å²) in [5.41, 5.74) is 0. The van der Waals surface area contributed by atoms with E-state index in [0.717, 1.165) is 12.8 Å². The van der Waals surface area contributed by atoms with E-state index in [1.807, 2.05) is 7.05 Å². The van der Waals surface area contributed by atoms with Crippen molar-refractivity contribution in [3.8, 4) is 0 Å². The molecule has 3 heteroatoms. The second-order valence-electron chi connectivity index (χ2n) is 2.31. The first-order chi connectivity index (χ1) is 4.36. The van der Waals surface area contributed by atoms with Crippen LogP contribution in [0.1, 0.15) is 12.8 Å². The van der Waals surface area contributed by atoms with Gasteiger partial charge in [-0.05, 0) is 19.9 Å². The summed E-state index contributed by atoms with van der Waals surface area (Å²) < 4.78 is 4.69. The van der Waals surface area contributed by atoms with E-state index in [-0.39, 0.29) is 6.10 Å². The van der Waals surface area contributed by atoms with Crippen LogP contribution in [0.4, 0.5) is 0 Å². The number of carbonyl (C=O) groups excluding carboxylic acids is 1. The topological polar surface area (TPSA) is 38.3 Å². The molecule has 1 rings (SSSR count). The van der Waals surface area contributed by atoms with Crippen LogP contribution in [0, 0.1) is 0 Å². The van der Waals surface area contributed by atoms with Gasteiger partial charge in [0.15, 0.2) is 0 Å². The van der Waals surface area contributed by atoms with Gasteiger partial charge in [0.25, 0.3) is 6.47 Å². The molecule has 0 atom stereocenters. The van der Waals surface area contributed by atoms with E-state index in [1.165, 1.54) is 0 Å². The molecule has 0 amide bonds. The highest BCUT2D eigenvalue weighted by Crippen LogP contribution is 2.21. The van der Waals surface area contributed by atoms with Gasteiger partial charge < -0.3 is 10.1 Å². The molecule has 9 heavy (non-hydrogen) atoms. The fourth-order valence-corrected chi connectivity index (χ4v) is 0.991. The lowest BCUT2D eigenvalue weighted by Crippen LogP contribution is -2.43. The molecule has 1 fully saturated rings. The maximum Gasteiger partial charge on any atom is 0.293 e. The SMILES string of the molecule is CNC1CC(OC=O)C1. The quantitative estimate of drug-likeness (QED) is 0.541.